The SMILES string of the molecule is CCCn1cc(C(=O)Nc2ccccc2F)c2nn(-c3ccccc3)c(=O)c-2c1. The van der Waals surface area contributed by atoms with Crippen LogP contribution in [0.4, 0.5) is 10.1 Å². The van der Waals surface area contributed by atoms with Gasteiger partial charge in [0.1, 0.15) is 11.5 Å². The molecule has 0 aliphatic carbocycles. The van der Waals surface area contributed by atoms with Crippen molar-refractivity contribution in [3.05, 3.63) is 88.7 Å². The van der Waals surface area contributed by atoms with Gasteiger partial charge >= 0.3 is 0 Å². The summed E-state index contributed by atoms with van der Waals surface area (Å²) in [6.07, 6.45) is 4.17. The first-order valence-electron chi connectivity index (χ1n) is 9.32. The Hall–Kier alpha value is -3.74. The molecule has 1 amide bonds. The van der Waals surface area contributed by atoms with Crippen LogP contribution >= 0.6 is 0 Å². The molecule has 2 aliphatic heterocycles. The highest BCUT2D eigenvalue weighted by Crippen LogP contribution is 2.24. The minimum atomic E-state index is -0.534. The first-order chi connectivity index (χ1) is 14.1. The van der Waals surface area contributed by atoms with E-state index in [9.17, 15) is 14.0 Å². The minimum absolute atomic E-state index is 0.0707. The van der Waals surface area contributed by atoms with E-state index in [-0.39, 0.29) is 22.5 Å². The third-order valence-electron chi connectivity index (χ3n) is 4.57. The number of anilines is 1. The zero-order valence-electron chi connectivity index (χ0n) is 15.8. The highest BCUT2D eigenvalue weighted by atomic mass is 19.1. The van der Waals surface area contributed by atoms with Crippen molar-refractivity contribution in [2.45, 2.75) is 19.9 Å². The Bertz CT molecular complexity index is 1200. The molecule has 0 saturated carbocycles. The number of aromatic nitrogens is 3. The van der Waals surface area contributed by atoms with E-state index in [1.54, 1.807) is 41.2 Å². The molecule has 0 unspecified atom stereocenters. The van der Waals surface area contributed by atoms with Crippen molar-refractivity contribution in [3.63, 3.8) is 0 Å². The molecule has 146 valence electrons. The number of pyridine rings is 1. The first-order valence-corrected chi connectivity index (χ1v) is 9.32. The van der Waals surface area contributed by atoms with Gasteiger partial charge < -0.3 is 9.88 Å². The number of fused-ring (bicyclic) bond motifs is 1. The maximum atomic E-state index is 14.0. The first kappa shape index (κ1) is 18.6. The Morgan fingerprint density at radius 1 is 1.07 bits per heavy atom. The van der Waals surface area contributed by atoms with Gasteiger partial charge in [-0.15, -0.1) is 0 Å². The van der Waals surface area contributed by atoms with Crippen LogP contribution in [0.1, 0.15) is 23.7 Å². The van der Waals surface area contributed by atoms with E-state index in [4.69, 9.17) is 0 Å². The van der Waals surface area contributed by atoms with Crippen LogP contribution < -0.4 is 10.9 Å². The summed E-state index contributed by atoms with van der Waals surface area (Å²) in [5.74, 6) is -1.06. The predicted molar refractivity (Wildman–Crippen MR) is 109 cm³/mol. The van der Waals surface area contributed by atoms with E-state index in [1.807, 2.05) is 25.1 Å². The minimum Gasteiger partial charge on any atom is -0.353 e. The van der Waals surface area contributed by atoms with Crippen molar-refractivity contribution in [1.29, 1.82) is 0 Å². The fourth-order valence-corrected chi connectivity index (χ4v) is 3.21. The third kappa shape index (κ3) is 3.54. The molecule has 1 N–H and O–H groups in total. The number of hydrogen-bond donors (Lipinski definition) is 1. The molecule has 6 nitrogen and oxygen atoms in total. The molecule has 4 rings (SSSR count). The Labute approximate surface area is 166 Å². The fourth-order valence-electron chi connectivity index (χ4n) is 3.21. The van der Waals surface area contributed by atoms with Gasteiger partial charge in [-0.1, -0.05) is 37.3 Å². The predicted octanol–water partition coefficient (Wildman–Crippen LogP) is 3.94. The highest BCUT2D eigenvalue weighted by Gasteiger charge is 2.24. The molecule has 0 bridgehead atoms. The van der Waals surface area contributed by atoms with E-state index in [1.165, 1.54) is 16.8 Å². The van der Waals surface area contributed by atoms with Crippen LogP contribution in [-0.4, -0.2) is 20.3 Å². The van der Waals surface area contributed by atoms with Crippen LogP contribution in [0.15, 0.2) is 71.8 Å². The summed E-state index contributed by atoms with van der Waals surface area (Å²) in [6, 6.07) is 14.9. The van der Waals surface area contributed by atoms with E-state index in [0.717, 1.165) is 6.42 Å². The number of carbonyl (C=O) groups is 1. The molecular formula is C22H19FN4O2. The van der Waals surface area contributed by atoms with Gasteiger partial charge in [-0.3, -0.25) is 9.59 Å². The fraction of sp³-hybridized carbons (Fsp3) is 0.136. The second-order valence-electron chi connectivity index (χ2n) is 6.66. The largest absolute Gasteiger partial charge is 0.353 e. The Balaban J connectivity index is 1.85. The van der Waals surface area contributed by atoms with E-state index in [0.29, 0.717) is 17.8 Å². The summed E-state index contributed by atoms with van der Waals surface area (Å²) >= 11 is 0. The van der Waals surface area contributed by atoms with Crippen molar-refractivity contribution in [3.8, 4) is 16.9 Å². The van der Waals surface area contributed by atoms with Crippen LogP contribution in [0.25, 0.3) is 16.9 Å². The number of hydrogen-bond acceptors (Lipinski definition) is 3. The van der Waals surface area contributed by atoms with Crippen LogP contribution in [-0.2, 0) is 6.54 Å². The topological polar surface area (TPSA) is 68.9 Å². The van der Waals surface area contributed by atoms with E-state index in [2.05, 4.69) is 10.4 Å². The summed E-state index contributed by atoms with van der Waals surface area (Å²) in [7, 11) is 0. The van der Waals surface area contributed by atoms with Crippen molar-refractivity contribution < 1.29 is 9.18 Å². The lowest BCUT2D eigenvalue weighted by molar-refractivity contribution is 0.102. The van der Waals surface area contributed by atoms with Gasteiger partial charge in [-0.2, -0.15) is 9.78 Å². The lowest BCUT2D eigenvalue weighted by Crippen LogP contribution is -2.18. The van der Waals surface area contributed by atoms with Crippen LogP contribution in [0.2, 0.25) is 0 Å². The molecule has 2 aromatic rings. The van der Waals surface area contributed by atoms with Crippen LogP contribution in [0, 0.1) is 5.82 Å². The monoisotopic (exact) mass is 390 g/mol. The molecule has 0 spiro atoms. The van der Waals surface area contributed by atoms with E-state index < -0.39 is 11.7 Å². The average molecular weight is 390 g/mol. The second-order valence-corrected chi connectivity index (χ2v) is 6.66. The number of amides is 1. The Morgan fingerprint density at radius 2 is 1.79 bits per heavy atom. The van der Waals surface area contributed by atoms with Gasteiger partial charge in [0, 0.05) is 18.9 Å². The zero-order valence-corrected chi connectivity index (χ0v) is 15.8. The highest BCUT2D eigenvalue weighted by molar-refractivity contribution is 6.08. The Kier molecular flexibility index (Phi) is 4.95. The number of rotatable bonds is 5. The van der Waals surface area contributed by atoms with Crippen molar-refractivity contribution >= 4 is 11.6 Å². The summed E-state index contributed by atoms with van der Waals surface area (Å²) in [6.45, 7) is 2.63. The second kappa shape index (κ2) is 7.71. The molecule has 2 aromatic carbocycles. The molecular weight excluding hydrogens is 371 g/mol. The Morgan fingerprint density at radius 3 is 2.52 bits per heavy atom. The number of benzene rings is 2. The summed E-state index contributed by atoms with van der Waals surface area (Å²) in [5.41, 5.74) is 1.20. The third-order valence-corrected chi connectivity index (χ3v) is 4.57. The summed E-state index contributed by atoms with van der Waals surface area (Å²) in [4.78, 5) is 25.9. The molecule has 29 heavy (non-hydrogen) atoms. The lowest BCUT2D eigenvalue weighted by Gasteiger charge is -2.12. The molecule has 0 saturated heterocycles. The maximum Gasteiger partial charge on any atom is 0.282 e. The number of halogens is 1. The van der Waals surface area contributed by atoms with Gasteiger partial charge in [0.2, 0.25) is 0 Å². The number of nitrogens with one attached hydrogen (secondary N) is 1. The van der Waals surface area contributed by atoms with Crippen LogP contribution in [0.3, 0.4) is 0 Å². The van der Waals surface area contributed by atoms with Crippen molar-refractivity contribution in [2.75, 3.05) is 5.32 Å². The average Bonchev–Trinajstić information content (AvgIpc) is 3.07. The molecule has 7 heteroatoms. The van der Waals surface area contributed by atoms with Gasteiger partial charge in [-0.25, -0.2) is 4.39 Å². The molecule has 0 aromatic heterocycles. The number of carbonyl (C=O) groups excluding carboxylic acids is 1. The molecule has 0 atom stereocenters. The zero-order chi connectivity index (χ0) is 20.4. The quantitative estimate of drug-likeness (QED) is 0.561. The standard InChI is InChI=1S/C22H19FN4O2/c1-2-12-26-13-16(21(28)24-19-11-7-6-10-18(19)23)20-17(14-26)22(29)27(25-20)15-8-4-3-5-9-15/h3-11,13-14H,2,12H2,1H3,(H,24,28). The smallest absolute Gasteiger partial charge is 0.282 e. The normalized spacial score (nSPS) is 11.0. The van der Waals surface area contributed by atoms with Gasteiger partial charge in [0.25, 0.3) is 11.5 Å². The number of nitrogens with zero attached hydrogens (tertiary/aromatic N) is 3. The van der Waals surface area contributed by atoms with Crippen molar-refractivity contribution in [2.24, 2.45) is 0 Å². The van der Waals surface area contributed by atoms with Gasteiger partial charge in [0.15, 0.2) is 0 Å². The van der Waals surface area contributed by atoms with Crippen molar-refractivity contribution in [1.82, 2.24) is 14.3 Å². The van der Waals surface area contributed by atoms with Gasteiger partial charge in [-0.05, 0) is 30.7 Å². The van der Waals surface area contributed by atoms with Gasteiger partial charge in [0.05, 0.1) is 22.5 Å². The summed E-state index contributed by atoms with van der Waals surface area (Å²) < 4.78 is 17.0. The summed E-state index contributed by atoms with van der Waals surface area (Å²) in [5, 5.41) is 6.98. The molecule has 2 aliphatic rings. The number of aryl methyl sites for hydroxylation is 1. The molecule has 2 heterocycles. The van der Waals surface area contributed by atoms with E-state index >= 15 is 0 Å². The van der Waals surface area contributed by atoms with Crippen LogP contribution in [0.5, 0.6) is 0 Å². The lowest BCUT2D eigenvalue weighted by atomic mass is 10.1. The number of para-hydroxylation sites is 2. The maximum absolute atomic E-state index is 14.0. The molecule has 0 fully saturated rings. The molecule has 0 radical (unpaired) electrons.